The van der Waals surface area contributed by atoms with Crippen molar-refractivity contribution in [1.82, 2.24) is 0 Å². The Kier molecular flexibility index (Phi) is 6.05. The van der Waals surface area contributed by atoms with Crippen LogP contribution in [0.4, 0.5) is 0 Å². The van der Waals surface area contributed by atoms with Crippen molar-refractivity contribution in [2.24, 2.45) is 5.41 Å². The average Bonchev–Trinajstić information content (AvgIpc) is 2.11. The molecule has 1 N–H and O–H groups in total. The molecule has 1 unspecified atom stereocenters. The second kappa shape index (κ2) is 6.18. The lowest BCUT2D eigenvalue weighted by molar-refractivity contribution is -0.842. The van der Waals surface area contributed by atoms with Gasteiger partial charge < -0.3 is 14.3 Å². The number of rotatable bonds is 7. The zero-order valence-corrected chi connectivity index (χ0v) is 13.3. The summed E-state index contributed by atoms with van der Waals surface area (Å²) in [4.78, 5) is 0. The van der Waals surface area contributed by atoms with Gasteiger partial charge in [0.15, 0.2) is 0 Å². The average molecular weight is 258 g/mol. The second-order valence-electron chi connectivity index (χ2n) is 7.61. The summed E-state index contributed by atoms with van der Waals surface area (Å²) in [6, 6.07) is 0. The topological polar surface area (TPSA) is 29.5 Å². The Balaban J connectivity index is 4.20. The van der Waals surface area contributed by atoms with E-state index in [0.717, 1.165) is 6.42 Å². The molecule has 0 aromatic heterocycles. The van der Waals surface area contributed by atoms with Gasteiger partial charge in [0.25, 0.3) is 0 Å². The van der Waals surface area contributed by atoms with Crippen molar-refractivity contribution in [3.8, 4) is 0 Å². The van der Waals surface area contributed by atoms with Crippen LogP contribution in [0.25, 0.3) is 0 Å². The van der Waals surface area contributed by atoms with E-state index in [0.29, 0.717) is 17.6 Å². The molecule has 0 rings (SSSR count). The molecule has 0 aliphatic heterocycles. The highest BCUT2D eigenvalue weighted by Crippen LogP contribution is 2.29. The summed E-state index contributed by atoms with van der Waals surface area (Å²) in [7, 11) is 4.02. The third-order valence-corrected chi connectivity index (χ3v) is 2.80. The smallest absolute Gasteiger partial charge is 0.126 e. The first-order chi connectivity index (χ1) is 7.87. The van der Waals surface area contributed by atoms with E-state index >= 15 is 0 Å². The predicted octanol–water partition coefficient (Wildman–Crippen LogP) is 2.80. The monoisotopic (exact) mass is 258 g/mol. The number of likely N-dealkylation sites (N-methyl/N-ethyl adjacent to an activating group) is 1. The van der Waals surface area contributed by atoms with Crippen molar-refractivity contribution in [1.29, 1.82) is 0 Å². The van der Waals surface area contributed by atoms with Crippen molar-refractivity contribution in [3.05, 3.63) is 12.8 Å². The first-order valence-corrected chi connectivity index (χ1v) is 6.65. The maximum absolute atomic E-state index is 9.99. The fourth-order valence-electron chi connectivity index (χ4n) is 2.32. The highest BCUT2D eigenvalue weighted by atomic mass is 16.5. The van der Waals surface area contributed by atoms with Gasteiger partial charge in [-0.15, -0.1) is 0 Å². The number of nitrogens with zero attached hydrogens (tertiary/aromatic N) is 1. The molecule has 3 nitrogen and oxygen atoms in total. The van der Waals surface area contributed by atoms with Crippen LogP contribution in [0.2, 0.25) is 0 Å². The lowest BCUT2D eigenvalue weighted by Gasteiger charge is -2.34. The van der Waals surface area contributed by atoms with Crippen LogP contribution >= 0.6 is 0 Å². The molecular weight excluding hydrogens is 226 g/mol. The first-order valence-electron chi connectivity index (χ1n) is 6.65. The minimum atomic E-state index is -0.461. The van der Waals surface area contributed by atoms with E-state index < -0.39 is 6.10 Å². The molecule has 3 heteroatoms. The molecule has 0 saturated carbocycles. The van der Waals surface area contributed by atoms with Crippen LogP contribution < -0.4 is 0 Å². The highest BCUT2D eigenvalue weighted by molar-refractivity contribution is 4.77. The van der Waals surface area contributed by atoms with E-state index in [1.165, 1.54) is 0 Å². The number of quaternary nitrogens is 1. The Morgan fingerprint density at radius 2 is 1.72 bits per heavy atom. The summed E-state index contributed by atoms with van der Waals surface area (Å²) in [5, 5.41) is 9.99. The number of aliphatic hydroxyl groups is 1. The maximum atomic E-state index is 9.99. The van der Waals surface area contributed by atoms with Crippen LogP contribution in [0.15, 0.2) is 12.8 Å². The normalized spacial score (nSPS) is 15.6. The van der Waals surface area contributed by atoms with E-state index in [1.807, 2.05) is 20.3 Å². The third kappa shape index (κ3) is 8.67. The highest BCUT2D eigenvalue weighted by Gasteiger charge is 2.28. The summed E-state index contributed by atoms with van der Waals surface area (Å²) in [6.07, 6.45) is 2.33. The van der Waals surface area contributed by atoms with Gasteiger partial charge in [-0.25, -0.2) is 0 Å². The summed E-state index contributed by atoms with van der Waals surface area (Å²) >= 11 is 0. The fraction of sp³-hybridized carbons (Fsp3) is 0.867. The quantitative estimate of drug-likeness (QED) is 0.712. The molecule has 0 amide bonds. The Bertz CT molecular complexity index is 264. The molecule has 0 bridgehead atoms. The van der Waals surface area contributed by atoms with Crippen LogP contribution in [0.5, 0.6) is 0 Å². The van der Waals surface area contributed by atoms with Crippen LogP contribution in [-0.2, 0) is 4.74 Å². The molecule has 1 atom stereocenters. The molecule has 0 aromatic rings. The summed E-state index contributed by atoms with van der Waals surface area (Å²) in [5.74, 6) is 0. The molecule has 18 heavy (non-hydrogen) atoms. The van der Waals surface area contributed by atoms with E-state index in [4.69, 9.17) is 4.74 Å². The fourth-order valence-corrected chi connectivity index (χ4v) is 2.32. The maximum Gasteiger partial charge on any atom is 0.126 e. The lowest BCUT2D eigenvalue weighted by atomic mass is 9.83. The van der Waals surface area contributed by atoms with Crippen LogP contribution in [0, 0.1) is 5.41 Å². The van der Waals surface area contributed by atoms with Gasteiger partial charge in [-0.2, -0.15) is 0 Å². The molecule has 0 radical (unpaired) electrons. The van der Waals surface area contributed by atoms with Gasteiger partial charge in [-0.05, 0) is 32.3 Å². The van der Waals surface area contributed by atoms with Gasteiger partial charge in [-0.1, -0.05) is 20.8 Å². The Morgan fingerprint density at radius 3 is 2.11 bits per heavy atom. The van der Waals surface area contributed by atoms with Crippen molar-refractivity contribution >= 4 is 0 Å². The Labute approximate surface area is 113 Å². The first kappa shape index (κ1) is 17.6. The largest absolute Gasteiger partial charge is 0.385 e. The standard InChI is InChI=1S/C15H32NO2/c1-9-16(7,8)10-13(17)11-18-15(5,6)12-14(2,3)4/h9,13,17H,1,10-12H2,2-8H3/q+1. The van der Waals surface area contributed by atoms with Gasteiger partial charge in [0, 0.05) is 0 Å². The van der Waals surface area contributed by atoms with Crippen LogP contribution in [-0.4, -0.2) is 48.5 Å². The van der Waals surface area contributed by atoms with E-state index in [1.54, 1.807) is 0 Å². The van der Waals surface area contributed by atoms with Gasteiger partial charge in [-0.3, -0.25) is 0 Å². The van der Waals surface area contributed by atoms with Crippen molar-refractivity contribution in [2.75, 3.05) is 27.2 Å². The van der Waals surface area contributed by atoms with Crippen molar-refractivity contribution < 1.29 is 14.3 Å². The van der Waals surface area contributed by atoms with Crippen LogP contribution in [0.3, 0.4) is 0 Å². The van der Waals surface area contributed by atoms with E-state index in [9.17, 15) is 5.11 Å². The zero-order valence-electron chi connectivity index (χ0n) is 13.3. The number of hydrogen-bond donors (Lipinski definition) is 1. The molecule has 0 saturated heterocycles. The molecule has 0 heterocycles. The van der Waals surface area contributed by atoms with Gasteiger partial charge in [0.05, 0.1) is 32.5 Å². The number of ether oxygens (including phenoxy) is 1. The van der Waals surface area contributed by atoms with Gasteiger partial charge >= 0.3 is 0 Å². The summed E-state index contributed by atoms with van der Waals surface area (Å²) in [5.41, 5.74) is 0.0233. The minimum absolute atomic E-state index is 0.204. The molecule has 0 aromatic carbocycles. The van der Waals surface area contributed by atoms with E-state index in [-0.39, 0.29) is 11.0 Å². The molecule has 0 fully saturated rings. The molecule has 108 valence electrons. The minimum Gasteiger partial charge on any atom is -0.385 e. The zero-order chi connectivity index (χ0) is 14.6. The number of hydrogen-bond acceptors (Lipinski definition) is 2. The van der Waals surface area contributed by atoms with Crippen molar-refractivity contribution in [3.63, 3.8) is 0 Å². The molecule has 0 aliphatic carbocycles. The Morgan fingerprint density at radius 1 is 1.22 bits per heavy atom. The lowest BCUT2D eigenvalue weighted by Crippen LogP contribution is -2.43. The predicted molar refractivity (Wildman–Crippen MR) is 77.3 cm³/mol. The van der Waals surface area contributed by atoms with Gasteiger partial charge in [0.1, 0.15) is 12.6 Å². The molecule has 0 aliphatic rings. The van der Waals surface area contributed by atoms with E-state index in [2.05, 4.69) is 41.2 Å². The van der Waals surface area contributed by atoms with Gasteiger partial charge in [0.2, 0.25) is 0 Å². The molecular formula is C15H32NO2+. The number of aliphatic hydroxyl groups excluding tert-OH is 1. The SMILES string of the molecule is C=C[N+](C)(C)CC(O)COC(C)(C)CC(C)(C)C. The third-order valence-electron chi connectivity index (χ3n) is 2.80. The molecule has 0 spiro atoms. The second-order valence-corrected chi connectivity index (χ2v) is 7.61. The summed E-state index contributed by atoms with van der Waals surface area (Å²) < 4.78 is 6.45. The van der Waals surface area contributed by atoms with Crippen molar-refractivity contribution in [2.45, 2.75) is 52.7 Å². The summed E-state index contributed by atoms with van der Waals surface area (Å²) in [6.45, 7) is 15.5. The Hall–Kier alpha value is -0.380. The van der Waals surface area contributed by atoms with Crippen LogP contribution in [0.1, 0.15) is 41.0 Å².